The molecule has 3 N–H and O–H groups in total. The van der Waals surface area contributed by atoms with Crippen LogP contribution in [-0.2, 0) is 17.1 Å². The molecule has 0 amide bonds. The minimum absolute atomic E-state index is 0.0328. The zero-order valence-corrected chi connectivity index (χ0v) is 22.5. The molecule has 12 heteroatoms. The summed E-state index contributed by atoms with van der Waals surface area (Å²) in [5.74, 6) is 0.327. The van der Waals surface area contributed by atoms with Gasteiger partial charge in [0.1, 0.15) is 16.3 Å². The Balaban J connectivity index is 1.65. The van der Waals surface area contributed by atoms with Crippen molar-refractivity contribution in [3.63, 3.8) is 0 Å². The molecule has 9 nitrogen and oxygen atoms in total. The lowest BCUT2D eigenvalue weighted by molar-refractivity contribution is 0.413. The zero-order valence-electron chi connectivity index (χ0n) is 20.2. The molecule has 4 aromatic rings. The first kappa shape index (κ1) is 26.3. The summed E-state index contributed by atoms with van der Waals surface area (Å²) in [7, 11) is -0.910. The average molecular weight is 558 g/mol. The Bertz CT molecular complexity index is 1630. The largest absolute Gasteiger partial charge is 0.497 e. The first-order valence-corrected chi connectivity index (χ1v) is 13.3. The molecule has 0 saturated heterocycles. The van der Waals surface area contributed by atoms with E-state index in [0.29, 0.717) is 17.1 Å². The van der Waals surface area contributed by atoms with Crippen molar-refractivity contribution in [2.75, 3.05) is 22.5 Å². The molecule has 0 bridgehead atoms. The fourth-order valence-electron chi connectivity index (χ4n) is 3.68. The smallest absolute Gasteiger partial charge is 0.295 e. The van der Waals surface area contributed by atoms with E-state index in [4.69, 9.17) is 28.6 Å². The molecule has 3 aromatic carbocycles. The number of hydrogen-bond donors (Lipinski definition) is 3. The van der Waals surface area contributed by atoms with Gasteiger partial charge in [0.25, 0.3) is 15.6 Å². The zero-order chi connectivity index (χ0) is 26.7. The Morgan fingerprint density at radius 1 is 0.973 bits per heavy atom. The lowest BCUT2D eigenvalue weighted by Crippen LogP contribution is -2.26. The Labute approximate surface area is 224 Å². The minimum atomic E-state index is -4.11. The van der Waals surface area contributed by atoms with Crippen LogP contribution < -0.4 is 25.7 Å². The van der Waals surface area contributed by atoms with Crippen LogP contribution in [0.4, 0.5) is 17.1 Å². The van der Waals surface area contributed by atoms with E-state index >= 15 is 0 Å². The lowest BCUT2D eigenvalue weighted by atomic mass is 10.3. The van der Waals surface area contributed by atoms with E-state index < -0.39 is 10.0 Å². The maximum atomic E-state index is 13.3. The summed E-state index contributed by atoms with van der Waals surface area (Å²) in [4.78, 5) is 13.1. The quantitative estimate of drug-likeness (QED) is 0.281. The monoisotopic (exact) mass is 557 g/mol. The third-order valence-corrected chi connectivity index (χ3v) is 7.58. The summed E-state index contributed by atoms with van der Waals surface area (Å²) in [6.45, 7) is 1.78. The number of methoxy groups -OCH3 is 1. The highest BCUT2D eigenvalue weighted by Crippen LogP contribution is 2.30. The van der Waals surface area contributed by atoms with Gasteiger partial charge in [0.2, 0.25) is 0 Å². The first-order valence-electron chi connectivity index (χ1n) is 11.0. The fraction of sp³-hybridized carbons (Fsp3) is 0.120. The molecular formula is C25H24ClN5O4S2. The van der Waals surface area contributed by atoms with Gasteiger partial charge in [0.15, 0.2) is 5.11 Å². The first-order chi connectivity index (χ1) is 17.6. The highest BCUT2D eigenvalue weighted by atomic mass is 35.5. The van der Waals surface area contributed by atoms with Crippen LogP contribution in [0.5, 0.6) is 5.75 Å². The number of thiocarbonyl (C=S) groups is 1. The predicted octanol–water partition coefficient (Wildman–Crippen LogP) is 4.76. The third kappa shape index (κ3) is 5.48. The molecular weight excluding hydrogens is 534 g/mol. The maximum absolute atomic E-state index is 13.3. The van der Waals surface area contributed by atoms with E-state index in [9.17, 15) is 13.2 Å². The summed E-state index contributed by atoms with van der Waals surface area (Å²) in [5, 5.41) is 6.10. The molecule has 0 aliphatic heterocycles. The average Bonchev–Trinajstić information content (AvgIpc) is 3.09. The van der Waals surface area contributed by atoms with Gasteiger partial charge in [-0.05, 0) is 55.5 Å². The molecule has 1 heterocycles. The molecule has 0 aliphatic carbocycles. The van der Waals surface area contributed by atoms with Crippen molar-refractivity contribution in [2.45, 2.75) is 11.8 Å². The van der Waals surface area contributed by atoms with Crippen molar-refractivity contribution in [2.24, 2.45) is 7.05 Å². The Morgan fingerprint density at radius 2 is 1.65 bits per heavy atom. The number of benzene rings is 3. The number of anilines is 3. The van der Waals surface area contributed by atoms with Crippen LogP contribution in [0.15, 0.2) is 82.5 Å². The van der Waals surface area contributed by atoms with E-state index in [2.05, 4.69) is 15.4 Å². The second kappa shape index (κ2) is 10.7. The van der Waals surface area contributed by atoms with Gasteiger partial charge in [-0.3, -0.25) is 14.2 Å². The van der Waals surface area contributed by atoms with Crippen LogP contribution in [0.1, 0.15) is 5.69 Å². The third-order valence-electron chi connectivity index (χ3n) is 5.64. The molecule has 1 aromatic heterocycles. The number of ether oxygens (including phenoxy) is 1. The van der Waals surface area contributed by atoms with Crippen LogP contribution in [0.3, 0.4) is 0 Å². The number of para-hydroxylation sites is 2. The molecule has 0 radical (unpaired) electrons. The summed E-state index contributed by atoms with van der Waals surface area (Å²) >= 11 is 11.6. The molecule has 4 rings (SSSR count). The van der Waals surface area contributed by atoms with E-state index in [1.54, 1.807) is 49.0 Å². The van der Waals surface area contributed by atoms with Gasteiger partial charge >= 0.3 is 0 Å². The van der Waals surface area contributed by atoms with E-state index in [1.165, 1.54) is 23.9 Å². The number of sulfonamides is 1. The van der Waals surface area contributed by atoms with Gasteiger partial charge in [-0.15, -0.1) is 0 Å². The highest BCUT2D eigenvalue weighted by molar-refractivity contribution is 7.93. The maximum Gasteiger partial charge on any atom is 0.295 e. The van der Waals surface area contributed by atoms with Crippen LogP contribution in [0, 0.1) is 6.92 Å². The fourth-order valence-corrected chi connectivity index (χ4v) is 5.39. The van der Waals surface area contributed by atoms with Gasteiger partial charge in [-0.1, -0.05) is 41.9 Å². The molecule has 0 fully saturated rings. The lowest BCUT2D eigenvalue weighted by Gasteiger charge is -2.16. The predicted molar refractivity (Wildman–Crippen MR) is 151 cm³/mol. The van der Waals surface area contributed by atoms with Crippen molar-refractivity contribution in [3.8, 4) is 11.4 Å². The van der Waals surface area contributed by atoms with Gasteiger partial charge in [-0.2, -0.15) is 0 Å². The summed E-state index contributed by atoms with van der Waals surface area (Å²) in [6, 6.07) is 20.1. The summed E-state index contributed by atoms with van der Waals surface area (Å²) in [5.41, 5.74) is 1.68. The molecule has 0 aliphatic rings. The van der Waals surface area contributed by atoms with Gasteiger partial charge in [0, 0.05) is 13.1 Å². The summed E-state index contributed by atoms with van der Waals surface area (Å²) < 4.78 is 37.6. The van der Waals surface area contributed by atoms with Crippen LogP contribution in [0.25, 0.3) is 5.69 Å². The number of rotatable bonds is 7. The van der Waals surface area contributed by atoms with Gasteiger partial charge in [-0.25, -0.2) is 13.1 Å². The van der Waals surface area contributed by atoms with Crippen LogP contribution >= 0.6 is 23.8 Å². The van der Waals surface area contributed by atoms with Crippen LogP contribution in [-0.4, -0.2) is 30.0 Å². The van der Waals surface area contributed by atoms with Crippen molar-refractivity contribution >= 4 is 56.0 Å². The molecule has 0 saturated carbocycles. The van der Waals surface area contributed by atoms with Crippen molar-refractivity contribution in [1.82, 2.24) is 9.36 Å². The molecule has 0 spiro atoms. The number of hydrogen-bond acceptors (Lipinski definition) is 5. The van der Waals surface area contributed by atoms with E-state index in [1.807, 2.05) is 30.3 Å². The van der Waals surface area contributed by atoms with Gasteiger partial charge in [0.05, 0.1) is 34.9 Å². The van der Waals surface area contributed by atoms with Gasteiger partial charge < -0.3 is 15.4 Å². The van der Waals surface area contributed by atoms with E-state index in [-0.39, 0.29) is 37.7 Å². The Hall–Kier alpha value is -3.80. The normalized spacial score (nSPS) is 11.1. The number of nitrogens with zero attached hydrogens (tertiary/aromatic N) is 2. The molecule has 0 atom stereocenters. The minimum Gasteiger partial charge on any atom is -0.497 e. The Kier molecular flexibility index (Phi) is 7.58. The standard InChI is InChI=1S/C25H24ClN5O4S2/c1-16-23(24(32)31(30(16)2)17-9-5-4-6-10-17)28-25(36)27-21-14-13-18(35-3)15-22(21)37(33,34)29-20-12-8-7-11-19(20)26/h4-15,29H,1-3H3,(H2,27,28,36). The molecule has 0 unspecified atom stereocenters. The Morgan fingerprint density at radius 3 is 2.32 bits per heavy atom. The summed E-state index contributed by atoms with van der Waals surface area (Å²) in [6.07, 6.45) is 0. The second-order valence-corrected chi connectivity index (χ2v) is 10.4. The van der Waals surface area contributed by atoms with Crippen molar-refractivity contribution in [3.05, 3.63) is 93.9 Å². The van der Waals surface area contributed by atoms with Crippen molar-refractivity contribution in [1.29, 1.82) is 0 Å². The molecule has 37 heavy (non-hydrogen) atoms. The molecule has 192 valence electrons. The van der Waals surface area contributed by atoms with Crippen LogP contribution in [0.2, 0.25) is 5.02 Å². The second-order valence-electron chi connectivity index (χ2n) is 7.96. The number of halogens is 1. The van der Waals surface area contributed by atoms with E-state index in [0.717, 1.165) is 0 Å². The number of nitrogens with one attached hydrogen (secondary N) is 3. The topological polar surface area (TPSA) is 106 Å². The SMILES string of the molecule is COc1ccc(NC(=S)Nc2c(C)n(C)n(-c3ccccc3)c2=O)c(S(=O)(=O)Nc2ccccc2Cl)c1. The highest BCUT2D eigenvalue weighted by Gasteiger charge is 2.23. The number of aromatic nitrogens is 2. The van der Waals surface area contributed by atoms with Crippen molar-refractivity contribution < 1.29 is 13.2 Å².